The van der Waals surface area contributed by atoms with Gasteiger partial charge in [0.05, 0.1) is 29.9 Å². The fourth-order valence-electron chi connectivity index (χ4n) is 4.36. The number of carbonyl (C=O) groups excluding carboxylic acids is 3. The quantitative estimate of drug-likeness (QED) is 0.384. The van der Waals surface area contributed by atoms with Crippen molar-refractivity contribution in [2.75, 3.05) is 4.90 Å². The van der Waals surface area contributed by atoms with Crippen LogP contribution in [0.1, 0.15) is 35.0 Å². The number of aromatic nitrogens is 2. The molecule has 0 saturated heterocycles. The Balaban J connectivity index is 1.83. The van der Waals surface area contributed by atoms with Gasteiger partial charge in [0.15, 0.2) is 0 Å². The number of carbonyl (C=O) groups is 4. The number of fused-ring (bicyclic) bond motifs is 1. The zero-order chi connectivity index (χ0) is 27.8. The lowest BCUT2D eigenvalue weighted by molar-refractivity contribution is -0.141. The Labute approximate surface area is 226 Å². The Bertz CT molecular complexity index is 1490. The molecule has 0 radical (unpaired) electrons. The van der Waals surface area contributed by atoms with E-state index in [2.05, 4.69) is 10.3 Å². The summed E-state index contributed by atoms with van der Waals surface area (Å²) in [6.07, 6.45) is 0.669. The van der Waals surface area contributed by atoms with Gasteiger partial charge in [-0.05, 0) is 42.8 Å². The van der Waals surface area contributed by atoms with Gasteiger partial charge in [-0.15, -0.1) is 0 Å². The number of nitrogens with zero attached hydrogens (tertiary/aromatic N) is 4. The van der Waals surface area contributed by atoms with Crippen LogP contribution in [0.25, 0.3) is 0 Å². The number of hydrogen-bond donors (Lipinski definition) is 3. The largest absolute Gasteiger partial charge is 0.480 e. The van der Waals surface area contributed by atoms with E-state index in [1.165, 1.54) is 33.9 Å². The molecule has 3 amide bonds. The monoisotopic (exact) mass is 554 g/mol. The van der Waals surface area contributed by atoms with Crippen LogP contribution in [0.3, 0.4) is 0 Å². The molecule has 2 heterocycles. The summed E-state index contributed by atoms with van der Waals surface area (Å²) in [4.78, 5) is 55.7. The van der Waals surface area contributed by atoms with Crippen molar-refractivity contribution in [2.24, 2.45) is 5.73 Å². The number of benzene rings is 2. The van der Waals surface area contributed by atoms with E-state index in [0.29, 0.717) is 16.8 Å². The van der Waals surface area contributed by atoms with Crippen LogP contribution < -0.4 is 16.0 Å². The minimum absolute atomic E-state index is 0.0800. The van der Waals surface area contributed by atoms with E-state index in [4.69, 9.17) is 34.2 Å². The van der Waals surface area contributed by atoms with Crippen molar-refractivity contribution in [1.29, 1.82) is 5.26 Å². The molecular formula is C25H20Cl2N6O5. The molecule has 0 fully saturated rings. The lowest BCUT2D eigenvalue weighted by Gasteiger charge is -2.27. The number of rotatable bonds is 8. The number of hydrogen-bond acceptors (Lipinski definition) is 6. The predicted octanol–water partition coefficient (Wildman–Crippen LogP) is 2.76. The van der Waals surface area contributed by atoms with Crippen molar-refractivity contribution in [1.82, 2.24) is 14.9 Å². The van der Waals surface area contributed by atoms with Gasteiger partial charge >= 0.3 is 5.97 Å². The molecule has 0 aliphatic carbocycles. The van der Waals surface area contributed by atoms with E-state index in [1.54, 1.807) is 31.2 Å². The first-order valence-electron chi connectivity index (χ1n) is 11.1. The minimum atomic E-state index is -1.59. The highest BCUT2D eigenvalue weighted by atomic mass is 35.5. The van der Waals surface area contributed by atoms with E-state index in [0.717, 1.165) is 0 Å². The average molecular weight is 555 g/mol. The van der Waals surface area contributed by atoms with E-state index in [-0.39, 0.29) is 28.1 Å². The van der Waals surface area contributed by atoms with Gasteiger partial charge in [0.2, 0.25) is 11.9 Å². The molecule has 3 aromatic rings. The van der Waals surface area contributed by atoms with Crippen LogP contribution in [0.4, 0.5) is 11.6 Å². The number of primary amides is 1. The lowest BCUT2D eigenvalue weighted by atomic mass is 9.91. The SMILES string of the molecule is C[C@@]1(Cc2ccc(C#N)cc2)C(=O)N(c2cc(Cl)cc(Cl)c2)c2ncc(C(=O)N[C@@H](CC(N)=O)C(=O)O)n21. The summed E-state index contributed by atoms with van der Waals surface area (Å²) in [5.41, 5.74) is 5.03. The molecule has 1 aromatic heterocycles. The zero-order valence-electron chi connectivity index (χ0n) is 19.8. The van der Waals surface area contributed by atoms with Crippen LogP contribution in [-0.2, 0) is 26.3 Å². The van der Waals surface area contributed by atoms with Gasteiger partial charge in [-0.3, -0.25) is 19.0 Å². The van der Waals surface area contributed by atoms with E-state index < -0.39 is 41.7 Å². The maximum Gasteiger partial charge on any atom is 0.326 e. The normalized spacial score (nSPS) is 17.0. The number of nitrogens with one attached hydrogen (secondary N) is 1. The second-order valence-corrected chi connectivity index (χ2v) is 9.71. The number of halogens is 2. The molecule has 2 atom stereocenters. The summed E-state index contributed by atoms with van der Waals surface area (Å²) < 4.78 is 1.40. The molecule has 4 rings (SSSR count). The molecule has 0 bridgehead atoms. The van der Waals surface area contributed by atoms with Crippen molar-refractivity contribution in [3.63, 3.8) is 0 Å². The maximum absolute atomic E-state index is 14.0. The number of imidazole rings is 1. The van der Waals surface area contributed by atoms with Crippen LogP contribution in [0.2, 0.25) is 10.0 Å². The van der Waals surface area contributed by atoms with E-state index >= 15 is 0 Å². The Kier molecular flexibility index (Phi) is 7.13. The van der Waals surface area contributed by atoms with Gasteiger partial charge in [0, 0.05) is 16.5 Å². The number of nitriles is 1. The van der Waals surface area contributed by atoms with E-state index in [1.807, 2.05) is 6.07 Å². The smallest absolute Gasteiger partial charge is 0.326 e. The van der Waals surface area contributed by atoms with Crippen molar-refractivity contribution in [2.45, 2.75) is 31.3 Å². The number of carboxylic acids is 1. The summed E-state index contributed by atoms with van der Waals surface area (Å²) in [6.45, 7) is 1.61. The van der Waals surface area contributed by atoms with Gasteiger partial charge in [0.25, 0.3) is 11.8 Å². The molecule has 13 heteroatoms. The third-order valence-electron chi connectivity index (χ3n) is 6.08. The standard InChI is InChI=1S/C25H20Cl2N6O5/c1-25(10-13-2-4-14(11-28)5-3-13)23(38)32(17-7-15(26)6-16(27)8-17)24-30-12-19(33(24)25)21(35)31-18(22(36)37)9-20(29)34/h2-8,12,18H,9-10H2,1H3,(H2,29,34)(H,31,35)(H,36,37)/t18-,25+/m0/s1. The number of aliphatic carboxylic acids is 1. The first-order valence-corrected chi connectivity index (χ1v) is 11.9. The molecule has 4 N–H and O–H groups in total. The van der Waals surface area contributed by atoms with Crippen LogP contribution in [0.5, 0.6) is 0 Å². The highest BCUT2D eigenvalue weighted by molar-refractivity contribution is 6.35. The third-order valence-corrected chi connectivity index (χ3v) is 6.52. The summed E-state index contributed by atoms with van der Waals surface area (Å²) >= 11 is 12.4. The first kappa shape index (κ1) is 26.7. The van der Waals surface area contributed by atoms with Crippen LogP contribution in [0.15, 0.2) is 48.7 Å². The molecule has 0 saturated carbocycles. The van der Waals surface area contributed by atoms with Gasteiger partial charge in [-0.2, -0.15) is 5.26 Å². The average Bonchev–Trinajstić information content (AvgIpc) is 3.36. The van der Waals surface area contributed by atoms with Crippen molar-refractivity contribution >= 4 is 58.5 Å². The molecule has 2 aromatic carbocycles. The van der Waals surface area contributed by atoms with Crippen molar-refractivity contribution < 1.29 is 24.3 Å². The topological polar surface area (TPSA) is 171 Å². The Morgan fingerprint density at radius 3 is 2.37 bits per heavy atom. The lowest BCUT2D eigenvalue weighted by Crippen LogP contribution is -2.46. The van der Waals surface area contributed by atoms with Crippen LogP contribution in [-0.4, -0.2) is 44.4 Å². The second kappa shape index (κ2) is 10.2. The third kappa shape index (κ3) is 4.91. The predicted molar refractivity (Wildman–Crippen MR) is 137 cm³/mol. The molecule has 0 spiro atoms. The highest BCUT2D eigenvalue weighted by Gasteiger charge is 2.51. The number of nitrogens with two attached hydrogens (primary N) is 1. The van der Waals surface area contributed by atoms with Gasteiger partial charge < -0.3 is 16.2 Å². The molecule has 0 unspecified atom stereocenters. The molecule has 194 valence electrons. The molecule has 1 aliphatic heterocycles. The molecule has 11 nitrogen and oxygen atoms in total. The molecule has 38 heavy (non-hydrogen) atoms. The van der Waals surface area contributed by atoms with Crippen LogP contribution >= 0.6 is 23.2 Å². The van der Waals surface area contributed by atoms with Crippen LogP contribution in [0, 0.1) is 11.3 Å². The van der Waals surface area contributed by atoms with Gasteiger partial charge in [0.1, 0.15) is 17.3 Å². The number of amides is 3. The summed E-state index contributed by atoms with van der Waals surface area (Å²) in [5, 5.41) is 21.4. The molecule has 1 aliphatic rings. The fourth-order valence-corrected chi connectivity index (χ4v) is 4.87. The first-order chi connectivity index (χ1) is 17.9. The summed E-state index contributed by atoms with van der Waals surface area (Å²) in [7, 11) is 0. The Morgan fingerprint density at radius 2 is 1.82 bits per heavy atom. The highest BCUT2D eigenvalue weighted by Crippen LogP contribution is 2.43. The van der Waals surface area contributed by atoms with Gasteiger partial charge in [-0.1, -0.05) is 35.3 Å². The molecular weight excluding hydrogens is 535 g/mol. The maximum atomic E-state index is 14.0. The Morgan fingerprint density at radius 1 is 1.18 bits per heavy atom. The number of anilines is 2. The van der Waals surface area contributed by atoms with Crippen molar-refractivity contribution in [3.05, 3.63) is 75.5 Å². The van der Waals surface area contributed by atoms with E-state index in [9.17, 15) is 24.3 Å². The number of carboxylic acid groups (broad SMARTS) is 1. The second-order valence-electron chi connectivity index (χ2n) is 8.84. The summed E-state index contributed by atoms with van der Waals surface area (Å²) in [5.74, 6) is -3.62. The van der Waals surface area contributed by atoms with Crippen molar-refractivity contribution in [3.8, 4) is 6.07 Å². The summed E-state index contributed by atoms with van der Waals surface area (Å²) in [6, 6.07) is 11.6. The zero-order valence-corrected chi connectivity index (χ0v) is 21.3. The fraction of sp³-hybridized carbons (Fsp3) is 0.200. The Hall–Kier alpha value is -4.40. The minimum Gasteiger partial charge on any atom is -0.480 e. The van der Waals surface area contributed by atoms with Gasteiger partial charge in [-0.25, -0.2) is 14.7 Å².